The minimum absolute atomic E-state index is 0.117. The van der Waals surface area contributed by atoms with Gasteiger partial charge in [0.05, 0.1) is 56.2 Å². The van der Waals surface area contributed by atoms with Gasteiger partial charge in [-0.1, -0.05) is 289 Å². The van der Waals surface area contributed by atoms with Gasteiger partial charge in [0.2, 0.25) is 0 Å². The van der Waals surface area contributed by atoms with Crippen molar-refractivity contribution in [3.63, 3.8) is 0 Å². The van der Waals surface area contributed by atoms with Gasteiger partial charge < -0.3 is 37.9 Å². The number of carbonyl (C=O) groups excluding carboxylic acids is 2. The van der Waals surface area contributed by atoms with Crippen molar-refractivity contribution in [1.82, 2.24) is 0 Å². The predicted molar refractivity (Wildman–Crippen MR) is 346 cm³/mol. The van der Waals surface area contributed by atoms with Crippen LogP contribution in [0.3, 0.4) is 0 Å². The summed E-state index contributed by atoms with van der Waals surface area (Å²) in [5, 5.41) is 0. The first-order chi connectivity index (χ1) is 41.4. The quantitative estimate of drug-likeness (QED) is 0.0400. The summed E-state index contributed by atoms with van der Waals surface area (Å²) in [6.07, 6.45) is 49.0. The second-order valence-corrected chi connectivity index (χ2v) is 24.5. The molecule has 1 heterocycles. The lowest BCUT2D eigenvalue weighted by Crippen LogP contribution is -2.46. The van der Waals surface area contributed by atoms with E-state index in [2.05, 4.69) is 27.7 Å². The fraction of sp³-hybridized carbons (Fsp3) is 0.730. The molecule has 0 aliphatic carbocycles. The second kappa shape index (κ2) is 48.8. The van der Waals surface area contributed by atoms with Crippen LogP contribution in [0.5, 0.6) is 23.0 Å². The largest absolute Gasteiger partial charge is 0.493 e. The molecule has 0 aromatic heterocycles. The Kier molecular flexibility index (Phi) is 41.9. The van der Waals surface area contributed by atoms with E-state index in [0.717, 1.165) is 56.9 Å². The molecule has 0 radical (unpaired) electrons. The Hall–Kier alpha value is -4.28. The Morgan fingerprint density at radius 3 is 0.869 bits per heavy atom. The number of unbranched alkanes of at least 4 members (excludes halogenated alkanes) is 36. The van der Waals surface area contributed by atoms with Gasteiger partial charge in [0, 0.05) is 17.7 Å². The molecule has 3 aromatic rings. The van der Waals surface area contributed by atoms with E-state index in [1.165, 1.54) is 205 Å². The highest BCUT2D eigenvalue weighted by molar-refractivity contribution is 5.91. The minimum Gasteiger partial charge on any atom is -0.493 e. The Morgan fingerprint density at radius 1 is 0.357 bits per heavy atom. The normalized spacial score (nSPS) is 13.2. The van der Waals surface area contributed by atoms with Gasteiger partial charge in [0.25, 0.3) is 0 Å². The molecule has 10 heteroatoms. The average molecular weight is 1170 g/mol. The van der Waals surface area contributed by atoms with Gasteiger partial charge >= 0.3 is 11.9 Å². The van der Waals surface area contributed by atoms with Crippen LogP contribution in [-0.4, -0.2) is 64.8 Å². The monoisotopic (exact) mass is 1170 g/mol. The maximum Gasteiger partial charge on any atom is 0.338 e. The SMILES string of the molecule is CCCCCCCCCCCCOc1cc(OCCCCCCCCCCCC)cc(C(=O)OCC2(COC(=O)c3cc(OCCCCCCCCCCCC)cc(OCCCCCCCCCCCC)c3)COC(c3ccccc3)OC2)c1. The molecule has 10 nitrogen and oxygen atoms in total. The predicted octanol–water partition coefficient (Wildman–Crippen LogP) is 21.6. The number of carbonyl (C=O) groups is 2. The van der Waals surface area contributed by atoms with Gasteiger partial charge in [0.15, 0.2) is 6.29 Å². The molecule has 1 saturated heterocycles. The van der Waals surface area contributed by atoms with Crippen LogP contribution < -0.4 is 18.9 Å². The minimum atomic E-state index is -1.01. The van der Waals surface area contributed by atoms with Crippen LogP contribution >= 0.6 is 0 Å². The highest BCUT2D eigenvalue weighted by atomic mass is 16.7. The van der Waals surface area contributed by atoms with Crippen LogP contribution in [0.15, 0.2) is 66.7 Å². The molecule has 0 spiro atoms. The van der Waals surface area contributed by atoms with Crippen molar-refractivity contribution in [3.05, 3.63) is 83.4 Å². The first-order valence-corrected chi connectivity index (χ1v) is 34.8. The zero-order chi connectivity index (χ0) is 59.6. The summed E-state index contributed by atoms with van der Waals surface area (Å²) in [4.78, 5) is 28.5. The van der Waals surface area contributed by atoms with Crippen molar-refractivity contribution in [2.75, 3.05) is 52.9 Å². The van der Waals surface area contributed by atoms with E-state index in [-0.39, 0.29) is 26.4 Å². The van der Waals surface area contributed by atoms with Gasteiger partial charge in [-0.25, -0.2) is 9.59 Å². The Balaban J connectivity index is 1.42. The number of ether oxygens (including phenoxy) is 8. The molecule has 476 valence electrons. The Labute approximate surface area is 512 Å². The van der Waals surface area contributed by atoms with Crippen LogP contribution in [-0.2, 0) is 18.9 Å². The molecule has 0 bridgehead atoms. The van der Waals surface area contributed by atoms with E-state index in [0.29, 0.717) is 60.6 Å². The summed E-state index contributed by atoms with van der Waals surface area (Å²) in [7, 11) is 0. The third-order valence-electron chi connectivity index (χ3n) is 16.5. The van der Waals surface area contributed by atoms with Crippen LogP contribution in [0.2, 0.25) is 0 Å². The molecule has 0 N–H and O–H groups in total. The average Bonchev–Trinajstić information content (AvgIpc) is 3.63. The van der Waals surface area contributed by atoms with E-state index < -0.39 is 23.6 Å². The molecule has 3 aromatic carbocycles. The van der Waals surface area contributed by atoms with Gasteiger partial charge in [0.1, 0.15) is 36.2 Å². The molecular weight excluding hydrogens is 1050 g/mol. The maximum absolute atomic E-state index is 14.3. The Morgan fingerprint density at radius 2 is 0.607 bits per heavy atom. The van der Waals surface area contributed by atoms with Crippen molar-refractivity contribution in [1.29, 1.82) is 0 Å². The van der Waals surface area contributed by atoms with Crippen molar-refractivity contribution >= 4 is 11.9 Å². The van der Waals surface area contributed by atoms with Crippen molar-refractivity contribution in [2.24, 2.45) is 5.41 Å². The van der Waals surface area contributed by atoms with Gasteiger partial charge in [-0.15, -0.1) is 0 Å². The fourth-order valence-corrected chi connectivity index (χ4v) is 11.0. The van der Waals surface area contributed by atoms with E-state index in [1.807, 2.05) is 42.5 Å². The number of hydrogen-bond acceptors (Lipinski definition) is 10. The zero-order valence-electron chi connectivity index (χ0n) is 54.0. The molecule has 1 fully saturated rings. The van der Waals surface area contributed by atoms with Crippen LogP contribution in [0.1, 0.15) is 317 Å². The summed E-state index contributed by atoms with van der Waals surface area (Å²) >= 11 is 0. The first kappa shape index (κ1) is 72.2. The molecule has 0 amide bonds. The summed E-state index contributed by atoms with van der Waals surface area (Å²) in [5.41, 5.74) is 0.536. The molecule has 0 unspecified atom stereocenters. The van der Waals surface area contributed by atoms with Gasteiger partial charge in [-0.3, -0.25) is 0 Å². The first-order valence-electron chi connectivity index (χ1n) is 34.8. The molecular formula is C74H120O10. The maximum atomic E-state index is 14.3. The van der Waals surface area contributed by atoms with E-state index in [9.17, 15) is 9.59 Å². The fourth-order valence-electron chi connectivity index (χ4n) is 11.0. The molecule has 0 atom stereocenters. The molecule has 1 aliphatic rings. The lowest BCUT2D eigenvalue weighted by Gasteiger charge is -2.39. The highest BCUT2D eigenvalue weighted by Crippen LogP contribution is 2.35. The van der Waals surface area contributed by atoms with E-state index in [4.69, 9.17) is 37.9 Å². The van der Waals surface area contributed by atoms with Crippen LogP contribution in [0, 0.1) is 5.41 Å². The molecule has 1 aliphatic heterocycles. The third kappa shape index (κ3) is 34.2. The van der Waals surface area contributed by atoms with Crippen molar-refractivity contribution in [2.45, 2.75) is 291 Å². The van der Waals surface area contributed by atoms with Crippen molar-refractivity contribution < 1.29 is 47.5 Å². The lowest BCUT2D eigenvalue weighted by molar-refractivity contribution is -0.247. The summed E-state index contributed by atoms with van der Waals surface area (Å²) in [6, 6.07) is 20.5. The summed E-state index contributed by atoms with van der Waals surface area (Å²) in [5.74, 6) is 1.26. The number of benzene rings is 3. The number of hydrogen-bond donors (Lipinski definition) is 0. The zero-order valence-corrected chi connectivity index (χ0v) is 54.0. The summed E-state index contributed by atoms with van der Waals surface area (Å²) in [6.45, 7) is 11.3. The molecule has 4 rings (SSSR count). The topological polar surface area (TPSA) is 108 Å². The molecule has 84 heavy (non-hydrogen) atoms. The standard InChI is InChI=1S/C74H120O10/c1-5-9-13-17-21-25-29-33-37-44-50-77-67-54-65(55-68(58-67)78-51-45-38-34-30-26-22-18-14-10-6-2)71(75)81-60-74(62-83-73(84-63-74)64-48-42-41-43-49-64)61-82-72(76)66-56-69(79-52-46-39-35-31-27-23-19-15-11-7-3)59-70(57-66)80-53-47-40-36-32-28-24-20-16-12-8-4/h41-43,48-49,54-59,73H,5-40,44-47,50-53,60-63H2,1-4H3. The van der Waals surface area contributed by atoms with Gasteiger partial charge in [-0.05, 0) is 49.9 Å². The molecule has 0 saturated carbocycles. The van der Waals surface area contributed by atoms with Crippen LogP contribution in [0.4, 0.5) is 0 Å². The third-order valence-corrected chi connectivity index (χ3v) is 16.5. The smallest absolute Gasteiger partial charge is 0.338 e. The second-order valence-electron chi connectivity index (χ2n) is 24.5. The van der Waals surface area contributed by atoms with E-state index >= 15 is 0 Å². The Bertz CT molecular complexity index is 1840. The van der Waals surface area contributed by atoms with E-state index in [1.54, 1.807) is 24.3 Å². The highest BCUT2D eigenvalue weighted by Gasteiger charge is 2.41. The lowest BCUT2D eigenvalue weighted by atomic mass is 9.91. The summed E-state index contributed by atoms with van der Waals surface area (Å²) < 4.78 is 50.4. The van der Waals surface area contributed by atoms with Gasteiger partial charge in [-0.2, -0.15) is 0 Å². The number of rotatable bonds is 55. The van der Waals surface area contributed by atoms with Crippen molar-refractivity contribution in [3.8, 4) is 23.0 Å². The van der Waals surface area contributed by atoms with Crippen LogP contribution in [0.25, 0.3) is 0 Å². The number of esters is 2.